The summed E-state index contributed by atoms with van der Waals surface area (Å²) in [7, 11) is 14.1. The van der Waals surface area contributed by atoms with Crippen molar-refractivity contribution in [3.05, 3.63) is 143 Å². The molecule has 0 N–H and O–H groups in total. The quantitative estimate of drug-likeness (QED) is 0.0819. The van der Waals surface area contributed by atoms with Gasteiger partial charge in [0, 0.05) is 79.0 Å². The topological polar surface area (TPSA) is 13.0 Å². The summed E-state index contributed by atoms with van der Waals surface area (Å²) in [6.45, 7) is 9.08. The van der Waals surface area contributed by atoms with Crippen molar-refractivity contribution in [2.24, 2.45) is 0 Å². The highest BCUT2D eigenvalue weighted by molar-refractivity contribution is 8.04. The number of unbranched alkanes of at least 4 members (excludes halogenated alkanes) is 2. The van der Waals surface area contributed by atoms with Crippen LogP contribution in [-0.2, 0) is 0 Å². The van der Waals surface area contributed by atoms with E-state index in [1.54, 1.807) is 0 Å². The maximum absolute atomic E-state index is 2.59. The van der Waals surface area contributed by atoms with Gasteiger partial charge >= 0.3 is 0 Å². The highest BCUT2D eigenvalue weighted by Gasteiger charge is 2.26. The first-order chi connectivity index (χ1) is 28.6. The van der Waals surface area contributed by atoms with Crippen molar-refractivity contribution in [3.63, 3.8) is 0 Å². The van der Waals surface area contributed by atoms with E-state index in [0.29, 0.717) is 0 Å². The van der Waals surface area contributed by atoms with Crippen LogP contribution in [0.15, 0.2) is 141 Å². The van der Waals surface area contributed by atoms with E-state index >= 15 is 0 Å². The number of benzene rings is 4. The Balaban J connectivity index is 0.749. The molecule has 4 aromatic carbocycles. The van der Waals surface area contributed by atoms with E-state index in [-0.39, 0.29) is 0 Å². The molecule has 0 unspecified atom stereocenters. The number of allylic oxidation sites excluding steroid dienone is 4. The lowest BCUT2D eigenvalue weighted by molar-refractivity contribution is -0.909. The SMILES string of the molecule is CN1C(=CC2=CCN(CCCC[N+](C)(C)CCC[N+](C)(C)CCCCN3CC=C(/C=C4/Sc5ccccc5N4C)c4ccccc43)c3ccccc32)Sc2ccccc21. The van der Waals surface area contributed by atoms with Gasteiger partial charge in [-0.1, -0.05) is 96.3 Å². The second kappa shape index (κ2) is 18.1. The van der Waals surface area contributed by atoms with Gasteiger partial charge in [-0.2, -0.15) is 0 Å². The Morgan fingerprint density at radius 3 is 1.27 bits per heavy atom. The smallest absolute Gasteiger partial charge is 0.0836 e. The van der Waals surface area contributed by atoms with Crippen LogP contribution in [0.2, 0.25) is 0 Å². The zero-order chi connectivity index (χ0) is 41.0. The van der Waals surface area contributed by atoms with Crippen LogP contribution >= 0.6 is 23.5 Å². The second-order valence-electron chi connectivity index (χ2n) is 18.0. The van der Waals surface area contributed by atoms with Crippen LogP contribution in [0.1, 0.15) is 43.2 Å². The van der Waals surface area contributed by atoms with Crippen LogP contribution in [0.25, 0.3) is 11.1 Å². The van der Waals surface area contributed by atoms with Crippen molar-refractivity contribution in [2.75, 3.05) is 114 Å². The van der Waals surface area contributed by atoms with Gasteiger partial charge in [-0.3, -0.25) is 0 Å². The molecule has 4 aromatic rings. The summed E-state index contributed by atoms with van der Waals surface area (Å²) in [6.07, 6.45) is 15.8. The minimum absolute atomic E-state index is 0.970. The van der Waals surface area contributed by atoms with Crippen LogP contribution in [0.3, 0.4) is 0 Å². The molecule has 0 radical (unpaired) electrons. The molecular weight excluding hydrogens is 761 g/mol. The molecule has 0 atom stereocenters. The normalized spacial score (nSPS) is 17.6. The van der Waals surface area contributed by atoms with Crippen molar-refractivity contribution in [2.45, 2.75) is 41.9 Å². The number of quaternary nitrogens is 2. The van der Waals surface area contributed by atoms with Crippen LogP contribution < -0.4 is 19.6 Å². The number of nitrogens with zero attached hydrogens (tertiary/aromatic N) is 6. The van der Waals surface area contributed by atoms with Gasteiger partial charge in [0.15, 0.2) is 0 Å². The minimum atomic E-state index is 0.970. The Morgan fingerprint density at radius 2 is 0.847 bits per heavy atom. The number of fused-ring (bicyclic) bond motifs is 4. The highest BCUT2D eigenvalue weighted by atomic mass is 32.2. The monoisotopic (exact) mass is 824 g/mol. The fourth-order valence-electron chi connectivity index (χ4n) is 9.11. The van der Waals surface area contributed by atoms with Crippen molar-refractivity contribution in [1.29, 1.82) is 0 Å². The Bertz CT molecular complexity index is 2090. The molecule has 4 aliphatic rings. The van der Waals surface area contributed by atoms with Gasteiger partial charge in [0.05, 0.1) is 75.8 Å². The molecule has 8 heteroatoms. The molecule has 4 aliphatic heterocycles. The molecular formula is C51H64N6S2+2. The van der Waals surface area contributed by atoms with Crippen LogP contribution in [0, 0.1) is 0 Å². The molecule has 0 spiro atoms. The minimum Gasteiger partial charge on any atom is -0.367 e. The molecule has 0 fully saturated rings. The highest BCUT2D eigenvalue weighted by Crippen LogP contribution is 2.48. The largest absolute Gasteiger partial charge is 0.367 e. The molecule has 59 heavy (non-hydrogen) atoms. The Hall–Kier alpha value is -4.34. The summed E-state index contributed by atoms with van der Waals surface area (Å²) in [5, 5.41) is 2.59. The fraction of sp³-hybridized carbons (Fsp3) is 0.373. The van der Waals surface area contributed by atoms with Gasteiger partial charge in [0.2, 0.25) is 0 Å². The maximum atomic E-state index is 2.59. The van der Waals surface area contributed by atoms with Gasteiger partial charge in [-0.25, -0.2) is 0 Å². The maximum Gasteiger partial charge on any atom is 0.0836 e. The van der Waals surface area contributed by atoms with Crippen molar-refractivity contribution >= 4 is 57.4 Å². The zero-order valence-electron chi connectivity index (χ0n) is 36.2. The third kappa shape index (κ3) is 9.68. The van der Waals surface area contributed by atoms with Gasteiger partial charge in [0.1, 0.15) is 0 Å². The third-order valence-electron chi connectivity index (χ3n) is 12.7. The molecule has 6 nitrogen and oxygen atoms in total. The molecule has 0 saturated carbocycles. The second-order valence-corrected chi connectivity index (χ2v) is 20.1. The van der Waals surface area contributed by atoms with Crippen molar-refractivity contribution in [3.8, 4) is 0 Å². The van der Waals surface area contributed by atoms with E-state index in [4.69, 9.17) is 0 Å². The average molecular weight is 825 g/mol. The summed E-state index contributed by atoms with van der Waals surface area (Å²) < 4.78 is 2.20. The lowest BCUT2D eigenvalue weighted by Gasteiger charge is -2.34. The Labute approximate surface area is 363 Å². The number of hydrogen-bond donors (Lipinski definition) is 0. The number of anilines is 4. The molecule has 0 aliphatic carbocycles. The predicted octanol–water partition coefficient (Wildman–Crippen LogP) is 11.1. The van der Waals surface area contributed by atoms with Crippen molar-refractivity contribution < 1.29 is 8.97 Å². The molecule has 308 valence electrons. The van der Waals surface area contributed by atoms with Gasteiger partial charge < -0.3 is 28.6 Å². The fourth-order valence-corrected chi connectivity index (χ4v) is 11.3. The van der Waals surface area contributed by atoms with Gasteiger partial charge in [-0.05, 0) is 85.4 Å². The summed E-state index contributed by atoms with van der Waals surface area (Å²) in [5.41, 5.74) is 10.7. The van der Waals surface area contributed by atoms with Crippen molar-refractivity contribution in [1.82, 2.24) is 0 Å². The first-order valence-electron chi connectivity index (χ1n) is 21.7. The van der Waals surface area contributed by atoms with Gasteiger partial charge in [0.25, 0.3) is 0 Å². The van der Waals surface area contributed by atoms with Crippen LogP contribution in [0.4, 0.5) is 22.7 Å². The van der Waals surface area contributed by atoms with E-state index in [9.17, 15) is 0 Å². The van der Waals surface area contributed by atoms with Gasteiger partial charge in [-0.15, -0.1) is 0 Å². The predicted molar refractivity (Wildman–Crippen MR) is 258 cm³/mol. The number of para-hydroxylation sites is 4. The Kier molecular flexibility index (Phi) is 12.7. The summed E-state index contributed by atoms with van der Waals surface area (Å²) in [4.78, 5) is 12.5. The van der Waals surface area contributed by atoms with E-state index in [1.165, 1.54) is 123 Å². The van der Waals surface area contributed by atoms with E-state index in [0.717, 1.165) is 35.1 Å². The molecule has 0 saturated heterocycles. The third-order valence-corrected chi connectivity index (χ3v) is 15.0. The van der Waals surface area contributed by atoms with E-state index < -0.39 is 0 Å². The van der Waals surface area contributed by atoms with Crippen LogP contribution in [0.5, 0.6) is 0 Å². The number of thioether (sulfide) groups is 2. The summed E-state index contributed by atoms with van der Waals surface area (Å²) >= 11 is 3.75. The lowest BCUT2D eigenvalue weighted by atomic mass is 9.98. The zero-order valence-corrected chi connectivity index (χ0v) is 37.9. The first kappa shape index (κ1) is 41.4. The molecule has 0 bridgehead atoms. The standard InChI is InChI=1S/C51H64N6S2/c1-52-46-24-11-13-26-48(46)58-50(52)38-40-28-32-54(44-22-9-7-20-42(40)44)30-15-17-34-56(3,4)36-19-37-57(5,6)35-18-16-31-55-33-29-41(43-21-8-10-23-45(43)55)39-51-53(2)47-25-12-14-27-49(47)59-51/h7-14,20-29,38-39H,15-19,30-37H2,1-6H3/q+2/b50-38+,51-39?. The van der Waals surface area contributed by atoms with Crippen LogP contribution in [-0.4, -0.2) is 104 Å². The lowest BCUT2D eigenvalue weighted by Crippen LogP contribution is -2.46. The molecule has 0 amide bonds. The van der Waals surface area contributed by atoms with E-state index in [2.05, 4.69) is 183 Å². The average Bonchev–Trinajstić information content (AvgIpc) is 3.73. The molecule has 4 heterocycles. The molecule has 0 aromatic heterocycles. The number of rotatable bonds is 16. The number of hydrogen-bond acceptors (Lipinski definition) is 6. The first-order valence-corrected chi connectivity index (χ1v) is 23.4. The molecule has 8 rings (SSSR count). The summed E-state index contributed by atoms with van der Waals surface area (Å²) in [6, 6.07) is 35.4. The Morgan fingerprint density at radius 1 is 0.475 bits per heavy atom. The summed E-state index contributed by atoms with van der Waals surface area (Å²) in [5.74, 6) is 0. The van der Waals surface area contributed by atoms with E-state index in [1.807, 2.05) is 23.5 Å².